The summed E-state index contributed by atoms with van der Waals surface area (Å²) in [6.45, 7) is 5.93. The molecule has 7 nitrogen and oxygen atoms in total. The molecule has 3 N–H and O–H groups in total. The molecule has 9 heteroatoms. The molecule has 0 saturated heterocycles. The summed E-state index contributed by atoms with van der Waals surface area (Å²) in [5.74, 6) is -0.391. The molecule has 0 fully saturated rings. The fourth-order valence-electron chi connectivity index (χ4n) is 3.12. The summed E-state index contributed by atoms with van der Waals surface area (Å²) in [6.07, 6.45) is 1.52. The molecule has 0 saturated carbocycles. The Morgan fingerprint density at radius 2 is 1.75 bits per heavy atom. The summed E-state index contributed by atoms with van der Waals surface area (Å²) in [5.41, 5.74) is 2.68. The van der Waals surface area contributed by atoms with E-state index in [1.807, 2.05) is 69.3 Å². The van der Waals surface area contributed by atoms with Gasteiger partial charge in [-0.3, -0.25) is 10.1 Å². The molecule has 3 amide bonds. The first-order chi connectivity index (χ1) is 15.4. The van der Waals surface area contributed by atoms with E-state index in [9.17, 15) is 9.59 Å². The monoisotopic (exact) mass is 515 g/mol. The minimum atomic E-state index is -0.714. The second-order valence-corrected chi connectivity index (χ2v) is 9.27. The van der Waals surface area contributed by atoms with Crippen LogP contribution in [0.4, 0.5) is 15.6 Å². The van der Waals surface area contributed by atoms with Crippen molar-refractivity contribution in [1.29, 1.82) is 0 Å². The Balaban J connectivity index is 1.68. The van der Waals surface area contributed by atoms with Gasteiger partial charge in [0.25, 0.3) is 0 Å². The summed E-state index contributed by atoms with van der Waals surface area (Å²) in [7, 11) is 0. The van der Waals surface area contributed by atoms with E-state index in [1.54, 1.807) is 0 Å². The standard InChI is InChI=1S/C23H26BrN5O2S/c1-4-14(3)19(26-22(31)25-18-9-7-6-8-15(18)5-2)20(30)27-23-29-28-21(32-23)16-10-12-17(24)13-11-16/h6-14,19H,4-5H2,1-3H3,(H2,25,26,31)(H,27,29,30). The topological polar surface area (TPSA) is 96.0 Å². The first-order valence-corrected chi connectivity index (χ1v) is 12.1. The summed E-state index contributed by atoms with van der Waals surface area (Å²) < 4.78 is 0.974. The first kappa shape index (κ1) is 23.9. The molecule has 1 heterocycles. The highest BCUT2D eigenvalue weighted by atomic mass is 79.9. The number of urea groups is 1. The van der Waals surface area contributed by atoms with Gasteiger partial charge in [0.2, 0.25) is 11.0 Å². The van der Waals surface area contributed by atoms with Gasteiger partial charge in [0, 0.05) is 15.7 Å². The zero-order chi connectivity index (χ0) is 23.1. The van der Waals surface area contributed by atoms with Crippen LogP contribution in [0.25, 0.3) is 10.6 Å². The highest BCUT2D eigenvalue weighted by molar-refractivity contribution is 9.10. The molecule has 0 bridgehead atoms. The van der Waals surface area contributed by atoms with Crippen molar-refractivity contribution in [1.82, 2.24) is 15.5 Å². The Hall–Kier alpha value is -2.78. The molecular weight excluding hydrogens is 490 g/mol. The largest absolute Gasteiger partial charge is 0.326 e. The molecule has 0 aliphatic rings. The molecule has 0 radical (unpaired) electrons. The number of aryl methyl sites for hydroxylation is 1. The molecule has 2 aromatic carbocycles. The van der Waals surface area contributed by atoms with Crippen LogP contribution in [0, 0.1) is 5.92 Å². The van der Waals surface area contributed by atoms with Crippen molar-refractivity contribution < 1.29 is 9.59 Å². The van der Waals surface area contributed by atoms with Gasteiger partial charge < -0.3 is 10.6 Å². The predicted molar refractivity (Wildman–Crippen MR) is 133 cm³/mol. The lowest BCUT2D eigenvalue weighted by Crippen LogP contribution is -2.49. The van der Waals surface area contributed by atoms with E-state index in [2.05, 4.69) is 42.1 Å². The van der Waals surface area contributed by atoms with Crippen molar-refractivity contribution in [2.45, 2.75) is 39.7 Å². The third-order valence-electron chi connectivity index (χ3n) is 5.17. The van der Waals surface area contributed by atoms with Crippen molar-refractivity contribution in [2.75, 3.05) is 10.6 Å². The molecule has 2 atom stereocenters. The SMILES string of the molecule is CCc1ccccc1NC(=O)NC(C(=O)Nc1nnc(-c2ccc(Br)cc2)s1)C(C)CC. The number of rotatable bonds is 8. The lowest BCUT2D eigenvalue weighted by molar-refractivity contribution is -0.119. The lowest BCUT2D eigenvalue weighted by atomic mass is 9.98. The first-order valence-electron chi connectivity index (χ1n) is 10.5. The van der Waals surface area contributed by atoms with Gasteiger partial charge in [0.05, 0.1) is 0 Å². The molecular formula is C23H26BrN5O2S. The van der Waals surface area contributed by atoms with Gasteiger partial charge in [-0.05, 0) is 36.1 Å². The number of anilines is 2. The Kier molecular flexibility index (Phi) is 8.35. The Bertz CT molecular complexity index is 1070. The van der Waals surface area contributed by atoms with Crippen molar-refractivity contribution in [3.8, 4) is 10.6 Å². The van der Waals surface area contributed by atoms with Gasteiger partial charge >= 0.3 is 6.03 Å². The van der Waals surface area contributed by atoms with Crippen LogP contribution < -0.4 is 16.0 Å². The van der Waals surface area contributed by atoms with E-state index < -0.39 is 12.1 Å². The zero-order valence-electron chi connectivity index (χ0n) is 18.2. The minimum Gasteiger partial charge on any atom is -0.326 e. The summed E-state index contributed by atoms with van der Waals surface area (Å²) in [5, 5.41) is 17.8. The molecule has 3 aromatic rings. The van der Waals surface area contributed by atoms with E-state index >= 15 is 0 Å². The van der Waals surface area contributed by atoms with E-state index in [1.165, 1.54) is 11.3 Å². The number of nitrogens with one attached hydrogen (secondary N) is 3. The van der Waals surface area contributed by atoms with E-state index in [-0.39, 0.29) is 11.8 Å². The summed E-state index contributed by atoms with van der Waals surface area (Å²) in [6, 6.07) is 14.2. The maximum Gasteiger partial charge on any atom is 0.319 e. The molecule has 3 rings (SSSR count). The van der Waals surface area contributed by atoms with Crippen LogP contribution in [0.1, 0.15) is 32.8 Å². The third kappa shape index (κ3) is 6.14. The normalized spacial score (nSPS) is 12.6. The second kappa shape index (κ2) is 11.2. The van der Waals surface area contributed by atoms with Crippen LogP contribution >= 0.6 is 27.3 Å². The molecule has 0 spiro atoms. The average Bonchev–Trinajstić information content (AvgIpc) is 3.26. The number of carbonyl (C=O) groups is 2. The fraction of sp³-hybridized carbons (Fsp3) is 0.304. The van der Waals surface area contributed by atoms with Crippen LogP contribution in [0.5, 0.6) is 0 Å². The van der Waals surface area contributed by atoms with Gasteiger partial charge in [-0.15, -0.1) is 10.2 Å². The quantitative estimate of drug-likeness (QED) is 0.358. The van der Waals surface area contributed by atoms with Crippen LogP contribution in [0.2, 0.25) is 0 Å². The zero-order valence-corrected chi connectivity index (χ0v) is 20.6. The molecule has 0 aliphatic heterocycles. The number of hydrogen-bond acceptors (Lipinski definition) is 5. The lowest BCUT2D eigenvalue weighted by Gasteiger charge is -2.23. The van der Waals surface area contributed by atoms with Crippen LogP contribution in [0.15, 0.2) is 53.0 Å². The number of nitrogens with zero attached hydrogens (tertiary/aromatic N) is 2. The number of amides is 3. The maximum atomic E-state index is 13.0. The van der Waals surface area contributed by atoms with Gasteiger partial charge in [-0.25, -0.2) is 4.79 Å². The summed E-state index contributed by atoms with van der Waals surface area (Å²) in [4.78, 5) is 25.6. The smallest absolute Gasteiger partial charge is 0.319 e. The van der Waals surface area contributed by atoms with E-state index in [4.69, 9.17) is 0 Å². The number of carbonyl (C=O) groups excluding carboxylic acids is 2. The summed E-state index contributed by atoms with van der Waals surface area (Å²) >= 11 is 4.70. The van der Waals surface area contributed by atoms with Gasteiger partial charge in [-0.1, -0.05) is 84.8 Å². The van der Waals surface area contributed by atoms with Gasteiger partial charge in [-0.2, -0.15) is 0 Å². The van der Waals surface area contributed by atoms with Crippen molar-refractivity contribution in [2.24, 2.45) is 5.92 Å². The van der Waals surface area contributed by atoms with Crippen LogP contribution in [-0.2, 0) is 11.2 Å². The number of benzene rings is 2. The third-order valence-corrected chi connectivity index (χ3v) is 6.59. The predicted octanol–water partition coefficient (Wildman–Crippen LogP) is 5.70. The van der Waals surface area contributed by atoms with Gasteiger partial charge in [0.15, 0.2) is 0 Å². The van der Waals surface area contributed by atoms with Gasteiger partial charge in [0.1, 0.15) is 11.0 Å². The molecule has 168 valence electrons. The Labute approximate surface area is 200 Å². The highest BCUT2D eigenvalue weighted by Gasteiger charge is 2.27. The highest BCUT2D eigenvalue weighted by Crippen LogP contribution is 2.27. The van der Waals surface area contributed by atoms with Crippen LogP contribution in [-0.4, -0.2) is 28.2 Å². The second-order valence-electron chi connectivity index (χ2n) is 7.38. The van der Waals surface area contributed by atoms with Crippen molar-refractivity contribution in [3.05, 3.63) is 58.6 Å². The van der Waals surface area contributed by atoms with Crippen molar-refractivity contribution >= 4 is 50.0 Å². The van der Waals surface area contributed by atoms with Crippen LogP contribution in [0.3, 0.4) is 0 Å². The average molecular weight is 516 g/mol. The fourth-order valence-corrected chi connectivity index (χ4v) is 4.13. The number of para-hydroxylation sites is 1. The number of hydrogen-bond donors (Lipinski definition) is 3. The van der Waals surface area contributed by atoms with E-state index in [0.29, 0.717) is 10.1 Å². The van der Waals surface area contributed by atoms with Crippen molar-refractivity contribution in [3.63, 3.8) is 0 Å². The number of aromatic nitrogens is 2. The Morgan fingerprint density at radius 1 is 1.03 bits per heavy atom. The minimum absolute atomic E-state index is 0.0685. The Morgan fingerprint density at radius 3 is 2.44 bits per heavy atom. The number of halogens is 1. The molecule has 2 unspecified atom stereocenters. The maximum absolute atomic E-state index is 13.0. The molecule has 0 aliphatic carbocycles. The molecule has 32 heavy (non-hydrogen) atoms. The molecule has 1 aromatic heterocycles. The van der Waals surface area contributed by atoms with E-state index in [0.717, 1.165) is 34.1 Å².